The Labute approximate surface area is 265 Å². The second-order valence-corrected chi connectivity index (χ2v) is 12.2. The highest BCUT2D eigenvalue weighted by atomic mass is 16.6. The summed E-state index contributed by atoms with van der Waals surface area (Å²) in [6.07, 6.45) is 1.32. The number of benzene rings is 3. The predicted octanol–water partition coefficient (Wildman–Crippen LogP) is 5.33. The van der Waals surface area contributed by atoms with Crippen LogP contribution in [0.15, 0.2) is 60.8 Å². The number of aromatic hydroxyl groups is 1. The summed E-state index contributed by atoms with van der Waals surface area (Å²) < 4.78 is 17.5. The molecule has 238 valence electrons. The Morgan fingerprint density at radius 1 is 1.04 bits per heavy atom. The van der Waals surface area contributed by atoms with Crippen LogP contribution in [0.5, 0.6) is 11.5 Å². The second kappa shape index (κ2) is 12.7. The highest BCUT2D eigenvalue weighted by Gasteiger charge is 2.21. The molecule has 0 unspecified atom stereocenters. The molecule has 0 spiro atoms. The van der Waals surface area contributed by atoms with Crippen molar-refractivity contribution in [3.05, 3.63) is 66.4 Å². The molecule has 0 saturated carbocycles. The molecule has 2 aromatic heterocycles. The maximum Gasteiger partial charge on any atom is 0.435 e. The van der Waals surface area contributed by atoms with E-state index in [0.29, 0.717) is 65.3 Å². The fourth-order valence-electron chi connectivity index (χ4n) is 5.34. The predicted molar refractivity (Wildman–Crippen MR) is 174 cm³/mol. The summed E-state index contributed by atoms with van der Waals surface area (Å²) in [5, 5.41) is 19.5. The lowest BCUT2D eigenvalue weighted by Crippen LogP contribution is -2.39. The minimum atomic E-state index is -0.658. The Morgan fingerprint density at radius 2 is 1.85 bits per heavy atom. The van der Waals surface area contributed by atoms with Gasteiger partial charge in [0.05, 0.1) is 44.1 Å². The number of Topliss-reactive ketones (excluding diaryl/α,β-unsaturated/α-hetero) is 1. The van der Waals surface area contributed by atoms with Crippen LogP contribution in [0.2, 0.25) is 0 Å². The standard InChI is InChI=1S/C34H36N6O6/c1-34(2,3)46-33(43)40-28-9-8-24(16-23(28)19-35-40)36-32-26-17-29(42)30(44-4)18-27(26)37-31(38-32)22-7-5-6-21(14-22)15-25(41)20-39-10-12-45-13-11-39/h5-9,14,16-19,42H,10-13,15,20H2,1-4H3,(H,36,37,38). The molecule has 0 bridgehead atoms. The highest BCUT2D eigenvalue weighted by molar-refractivity contribution is 5.96. The topological polar surface area (TPSA) is 141 Å². The van der Waals surface area contributed by atoms with Gasteiger partial charge in [-0.2, -0.15) is 9.78 Å². The van der Waals surface area contributed by atoms with E-state index in [1.165, 1.54) is 11.8 Å². The molecule has 6 rings (SSSR count). The Morgan fingerprint density at radius 3 is 2.61 bits per heavy atom. The Balaban J connectivity index is 1.32. The molecule has 1 fully saturated rings. The summed E-state index contributed by atoms with van der Waals surface area (Å²) in [5.41, 5.74) is 2.77. The molecule has 0 amide bonds. The second-order valence-electron chi connectivity index (χ2n) is 12.2. The first-order chi connectivity index (χ1) is 22.1. The summed E-state index contributed by atoms with van der Waals surface area (Å²) >= 11 is 0. The van der Waals surface area contributed by atoms with E-state index >= 15 is 0 Å². The number of hydrogen-bond donors (Lipinski definition) is 2. The van der Waals surface area contributed by atoms with Crippen molar-refractivity contribution in [2.75, 3.05) is 45.3 Å². The molecule has 0 aliphatic carbocycles. The Kier molecular flexibility index (Phi) is 8.57. The van der Waals surface area contributed by atoms with Gasteiger partial charge in [0, 0.05) is 47.6 Å². The zero-order valence-corrected chi connectivity index (χ0v) is 26.2. The lowest BCUT2D eigenvalue weighted by Gasteiger charge is -2.25. The van der Waals surface area contributed by atoms with E-state index in [1.54, 1.807) is 45.2 Å². The van der Waals surface area contributed by atoms with Gasteiger partial charge in [0.2, 0.25) is 0 Å². The molecule has 3 aromatic carbocycles. The van der Waals surface area contributed by atoms with E-state index < -0.39 is 11.7 Å². The molecule has 5 aromatic rings. The van der Waals surface area contributed by atoms with Crippen LogP contribution in [0.25, 0.3) is 33.2 Å². The minimum Gasteiger partial charge on any atom is -0.504 e. The molecule has 1 saturated heterocycles. The quantitative estimate of drug-likeness (QED) is 0.231. The maximum absolute atomic E-state index is 12.9. The minimum absolute atomic E-state index is 0.0516. The summed E-state index contributed by atoms with van der Waals surface area (Å²) in [5.74, 6) is 1.24. The lowest BCUT2D eigenvalue weighted by molar-refractivity contribution is -0.120. The number of methoxy groups -OCH3 is 1. The number of phenols is 1. The lowest BCUT2D eigenvalue weighted by atomic mass is 10.0. The van der Waals surface area contributed by atoms with Gasteiger partial charge in [-0.05, 0) is 56.7 Å². The van der Waals surface area contributed by atoms with Crippen molar-refractivity contribution in [2.24, 2.45) is 0 Å². The zero-order chi connectivity index (χ0) is 32.4. The van der Waals surface area contributed by atoms with Crippen LogP contribution in [0.3, 0.4) is 0 Å². The molecule has 1 aliphatic rings. The third-order valence-corrected chi connectivity index (χ3v) is 7.48. The van der Waals surface area contributed by atoms with E-state index in [-0.39, 0.29) is 17.3 Å². The van der Waals surface area contributed by atoms with Crippen LogP contribution in [0, 0.1) is 0 Å². The van der Waals surface area contributed by atoms with Crippen LogP contribution in [-0.2, 0) is 20.7 Å². The van der Waals surface area contributed by atoms with Gasteiger partial charge in [-0.25, -0.2) is 14.8 Å². The van der Waals surface area contributed by atoms with Crippen LogP contribution in [0.1, 0.15) is 26.3 Å². The van der Waals surface area contributed by atoms with Gasteiger partial charge < -0.3 is 24.6 Å². The number of ketones is 1. The first kappa shape index (κ1) is 30.9. The van der Waals surface area contributed by atoms with Gasteiger partial charge in [0.1, 0.15) is 11.4 Å². The molecular weight excluding hydrogens is 588 g/mol. The number of rotatable bonds is 8. The van der Waals surface area contributed by atoms with Crippen LogP contribution in [-0.4, -0.2) is 87.2 Å². The van der Waals surface area contributed by atoms with Crippen LogP contribution < -0.4 is 10.1 Å². The van der Waals surface area contributed by atoms with Crippen LogP contribution >= 0.6 is 0 Å². The van der Waals surface area contributed by atoms with Crippen molar-refractivity contribution in [1.29, 1.82) is 0 Å². The zero-order valence-electron chi connectivity index (χ0n) is 26.2. The van der Waals surface area contributed by atoms with Gasteiger partial charge in [-0.3, -0.25) is 9.69 Å². The highest BCUT2D eigenvalue weighted by Crippen LogP contribution is 2.36. The van der Waals surface area contributed by atoms with Gasteiger partial charge in [0.25, 0.3) is 0 Å². The average Bonchev–Trinajstić information content (AvgIpc) is 3.44. The number of fused-ring (bicyclic) bond motifs is 2. The molecule has 12 nitrogen and oxygen atoms in total. The number of nitrogens with zero attached hydrogens (tertiary/aromatic N) is 5. The monoisotopic (exact) mass is 624 g/mol. The number of carbonyl (C=O) groups excluding carboxylic acids is 2. The average molecular weight is 625 g/mol. The van der Waals surface area contributed by atoms with Crippen molar-refractivity contribution >= 4 is 45.2 Å². The molecule has 2 N–H and O–H groups in total. The summed E-state index contributed by atoms with van der Waals surface area (Å²) in [6, 6.07) is 16.3. The van der Waals surface area contributed by atoms with Crippen molar-refractivity contribution in [1.82, 2.24) is 24.6 Å². The third kappa shape index (κ3) is 6.93. The van der Waals surface area contributed by atoms with Crippen molar-refractivity contribution < 1.29 is 28.9 Å². The molecule has 0 atom stereocenters. The number of phenolic OH excluding ortho intramolecular Hbond substituents is 1. The fraction of sp³-hybridized carbons (Fsp3) is 0.324. The molecule has 3 heterocycles. The van der Waals surface area contributed by atoms with Gasteiger partial charge in [-0.1, -0.05) is 18.2 Å². The molecular formula is C34H36N6O6. The number of morpholine rings is 1. The van der Waals surface area contributed by atoms with E-state index in [9.17, 15) is 14.7 Å². The summed E-state index contributed by atoms with van der Waals surface area (Å²) in [7, 11) is 1.48. The van der Waals surface area contributed by atoms with Crippen molar-refractivity contribution in [3.63, 3.8) is 0 Å². The number of carbonyl (C=O) groups is 2. The molecule has 1 aliphatic heterocycles. The van der Waals surface area contributed by atoms with Gasteiger partial charge >= 0.3 is 6.09 Å². The third-order valence-electron chi connectivity index (χ3n) is 7.48. The molecule has 46 heavy (non-hydrogen) atoms. The fourth-order valence-corrected chi connectivity index (χ4v) is 5.34. The summed E-state index contributed by atoms with van der Waals surface area (Å²) in [4.78, 5) is 37.3. The number of ether oxygens (including phenoxy) is 3. The van der Waals surface area contributed by atoms with Crippen molar-refractivity contribution in [2.45, 2.75) is 32.8 Å². The number of aromatic nitrogens is 4. The van der Waals surface area contributed by atoms with E-state index in [0.717, 1.165) is 24.2 Å². The van der Waals surface area contributed by atoms with Crippen molar-refractivity contribution in [3.8, 4) is 22.9 Å². The van der Waals surface area contributed by atoms with Gasteiger partial charge in [0.15, 0.2) is 23.1 Å². The van der Waals surface area contributed by atoms with E-state index in [2.05, 4.69) is 15.3 Å². The SMILES string of the molecule is COc1cc2nc(-c3cccc(CC(=O)CN4CCOCC4)c3)nc(Nc3ccc4c(cnn4C(=O)OC(C)(C)C)c3)c2cc1O. The van der Waals surface area contributed by atoms with Crippen LogP contribution in [0.4, 0.5) is 16.3 Å². The number of hydrogen-bond acceptors (Lipinski definition) is 11. The van der Waals surface area contributed by atoms with Gasteiger partial charge in [-0.15, -0.1) is 0 Å². The number of anilines is 2. The first-order valence-electron chi connectivity index (χ1n) is 15.0. The molecule has 12 heteroatoms. The smallest absolute Gasteiger partial charge is 0.435 e. The Bertz CT molecular complexity index is 1930. The summed E-state index contributed by atoms with van der Waals surface area (Å²) in [6.45, 7) is 8.58. The normalized spacial score (nSPS) is 14.0. The van der Waals surface area contributed by atoms with E-state index in [1.807, 2.05) is 36.4 Å². The molecule has 0 radical (unpaired) electrons. The first-order valence-corrected chi connectivity index (χ1v) is 15.0. The maximum atomic E-state index is 12.9. The van der Waals surface area contributed by atoms with E-state index in [4.69, 9.17) is 24.2 Å². The number of nitrogens with one attached hydrogen (secondary N) is 1. The largest absolute Gasteiger partial charge is 0.504 e. The Hall–Kier alpha value is -5.07.